The van der Waals surface area contributed by atoms with E-state index in [0.717, 1.165) is 113 Å². The van der Waals surface area contributed by atoms with E-state index in [1.165, 1.54) is 3.57 Å². The van der Waals surface area contributed by atoms with Crippen LogP contribution in [0.1, 0.15) is 12.5 Å². The number of benzene rings is 11. The van der Waals surface area contributed by atoms with Crippen molar-refractivity contribution in [2.24, 2.45) is 0 Å². The van der Waals surface area contributed by atoms with Crippen molar-refractivity contribution in [2.45, 2.75) is 6.92 Å². The molecule has 0 aliphatic carbocycles. The standard InChI is InChI=1S/C73H55IN4/c1-3-54-20-19-53(2)75(63-13-7-4-8-14-63)66-37-23-56(24-38-66)57-25-41-67(42-26-57)76(64-15-9-5-10-16-64)68-43-27-58(28-44-68)59-29-45-69(46-30-59)77(65-17-11-6-12-18-65)70-47-31-60(32-48-70)61-33-49-72(50-34-61)78(71-39-21-55(54)22-40-71)73-51-35-62(74)36-52-73/h3-52H,2H2,1H3/b20-19-,54-3+. The normalized spacial score (nSPS) is 13.6. The van der Waals surface area contributed by atoms with Gasteiger partial charge in [-0.15, -0.1) is 0 Å². The summed E-state index contributed by atoms with van der Waals surface area (Å²) in [5.41, 5.74) is 21.7. The number of nitrogens with zero attached hydrogens (tertiary/aromatic N) is 4. The maximum absolute atomic E-state index is 4.64. The fraction of sp³-hybridized carbons (Fsp3) is 0.0137. The minimum atomic E-state index is 0.850. The molecule has 0 spiro atoms. The summed E-state index contributed by atoms with van der Waals surface area (Å²) in [5, 5.41) is 0. The van der Waals surface area contributed by atoms with Crippen LogP contribution in [0.3, 0.4) is 0 Å². The first-order valence-corrected chi connectivity index (χ1v) is 27.4. The second-order valence-corrected chi connectivity index (χ2v) is 20.5. The molecule has 11 aromatic rings. The van der Waals surface area contributed by atoms with Crippen molar-refractivity contribution in [3.8, 4) is 33.4 Å². The maximum atomic E-state index is 4.64. The zero-order chi connectivity index (χ0) is 52.8. The van der Waals surface area contributed by atoms with Gasteiger partial charge in [0, 0.05) is 71.8 Å². The monoisotopic (exact) mass is 1110 g/mol. The molecule has 0 atom stereocenters. The van der Waals surface area contributed by atoms with E-state index in [2.05, 4.69) is 359 Å². The fourth-order valence-corrected chi connectivity index (χ4v) is 10.7. The van der Waals surface area contributed by atoms with Crippen LogP contribution in [0.5, 0.6) is 0 Å². The molecule has 0 N–H and O–H groups in total. The molecule has 11 aliphatic heterocycles. The van der Waals surface area contributed by atoms with Crippen molar-refractivity contribution in [2.75, 3.05) is 19.6 Å². The lowest BCUT2D eigenvalue weighted by Crippen LogP contribution is -2.14. The molecule has 11 aliphatic rings. The van der Waals surface area contributed by atoms with Gasteiger partial charge in [-0.05, 0) is 226 Å². The molecule has 0 amide bonds. The quantitative estimate of drug-likeness (QED) is 0.163. The number of halogens is 1. The fourth-order valence-electron chi connectivity index (χ4n) is 10.4. The van der Waals surface area contributed by atoms with Crippen LogP contribution in [0.4, 0.5) is 62.6 Å². The van der Waals surface area contributed by atoms with Crippen LogP contribution in [0.15, 0.2) is 316 Å². The van der Waals surface area contributed by atoms with Gasteiger partial charge in [-0.1, -0.05) is 158 Å². The summed E-state index contributed by atoms with van der Waals surface area (Å²) in [7, 11) is 0. The van der Waals surface area contributed by atoms with Crippen LogP contribution < -0.4 is 19.6 Å². The number of anilines is 11. The average molecular weight is 1120 g/mol. The van der Waals surface area contributed by atoms with E-state index in [1.807, 2.05) is 0 Å². The van der Waals surface area contributed by atoms with Crippen molar-refractivity contribution in [1.82, 2.24) is 0 Å². The number of rotatable bonds is 4. The Hall–Kier alpha value is -9.43. The Kier molecular flexibility index (Phi) is 14.2. The first-order chi connectivity index (χ1) is 38.4. The van der Waals surface area contributed by atoms with Crippen molar-refractivity contribution in [1.29, 1.82) is 0 Å². The lowest BCUT2D eigenvalue weighted by atomic mass is 10.0. The van der Waals surface area contributed by atoms with Crippen LogP contribution in [-0.2, 0) is 0 Å². The van der Waals surface area contributed by atoms with Gasteiger partial charge < -0.3 is 19.6 Å². The highest BCUT2D eigenvalue weighted by molar-refractivity contribution is 14.1. The molecule has 14 bridgehead atoms. The van der Waals surface area contributed by atoms with Crippen LogP contribution >= 0.6 is 22.6 Å². The zero-order valence-corrected chi connectivity index (χ0v) is 45.4. The van der Waals surface area contributed by atoms with Gasteiger partial charge >= 0.3 is 0 Å². The molecule has 11 heterocycles. The molecule has 78 heavy (non-hydrogen) atoms. The Morgan fingerprint density at radius 3 is 0.744 bits per heavy atom. The molecular weight excluding hydrogens is 1060 g/mol. The molecule has 0 radical (unpaired) electrons. The van der Waals surface area contributed by atoms with E-state index in [4.69, 9.17) is 0 Å². The van der Waals surface area contributed by atoms with E-state index in [1.54, 1.807) is 0 Å². The smallest absolute Gasteiger partial charge is 0.0462 e. The molecular formula is C73H55IN4. The molecule has 22 rings (SSSR count). The first-order valence-electron chi connectivity index (χ1n) is 26.3. The average Bonchev–Trinajstić information content (AvgIpc) is 3.54. The SMILES string of the molecule is C=C1/C=C\C(=C/C)c2ccc(cc2)N(c2ccc(I)cc2)c2ccc(cc2)-c2ccc(cc2)N(c2ccccc2)c2ccc(cc2)-c2ccc(cc2)N(c2ccccc2)c2ccc(cc2)-c2ccc(cc2)N1c1ccccc1. The van der Waals surface area contributed by atoms with Gasteiger partial charge in [0.25, 0.3) is 0 Å². The molecule has 374 valence electrons. The number of hydrogen-bond donors (Lipinski definition) is 0. The number of fused-ring (bicyclic) bond motifs is 1. The molecule has 0 fully saturated rings. The summed E-state index contributed by atoms with van der Waals surface area (Å²) >= 11 is 2.38. The molecule has 0 unspecified atom stereocenters. The largest absolute Gasteiger partial charge is 0.311 e. The van der Waals surface area contributed by atoms with Crippen molar-refractivity contribution < 1.29 is 0 Å². The second-order valence-electron chi connectivity index (χ2n) is 19.2. The van der Waals surface area contributed by atoms with E-state index in [9.17, 15) is 0 Å². The van der Waals surface area contributed by atoms with Crippen LogP contribution in [0.25, 0.3) is 39.0 Å². The number of hydrogen-bond acceptors (Lipinski definition) is 4. The highest BCUT2D eigenvalue weighted by atomic mass is 127. The summed E-state index contributed by atoms with van der Waals surface area (Å²) in [6.07, 6.45) is 6.45. The summed E-state index contributed by atoms with van der Waals surface area (Å²) in [6, 6.07) is 102. The number of allylic oxidation sites excluding steroid dienone is 4. The van der Waals surface area contributed by atoms with Gasteiger partial charge in [0.1, 0.15) is 0 Å². The Morgan fingerprint density at radius 1 is 0.256 bits per heavy atom. The van der Waals surface area contributed by atoms with E-state index >= 15 is 0 Å². The highest BCUT2D eigenvalue weighted by Crippen LogP contribution is 2.42. The van der Waals surface area contributed by atoms with Gasteiger partial charge in [-0.2, -0.15) is 0 Å². The molecule has 0 saturated carbocycles. The van der Waals surface area contributed by atoms with Gasteiger partial charge in [0.15, 0.2) is 0 Å². The Balaban J connectivity index is 0.942. The zero-order valence-electron chi connectivity index (χ0n) is 43.2. The van der Waals surface area contributed by atoms with Crippen LogP contribution in [-0.4, -0.2) is 0 Å². The molecule has 5 heteroatoms. The maximum Gasteiger partial charge on any atom is 0.0462 e. The molecule has 0 saturated heterocycles. The topological polar surface area (TPSA) is 13.0 Å². The van der Waals surface area contributed by atoms with Crippen LogP contribution in [0, 0.1) is 3.57 Å². The van der Waals surface area contributed by atoms with Gasteiger partial charge in [-0.3, -0.25) is 0 Å². The molecule has 0 aromatic heterocycles. The van der Waals surface area contributed by atoms with Crippen molar-refractivity contribution in [3.63, 3.8) is 0 Å². The van der Waals surface area contributed by atoms with Gasteiger partial charge in [-0.25, -0.2) is 0 Å². The summed E-state index contributed by atoms with van der Waals surface area (Å²) < 4.78 is 1.19. The summed E-state index contributed by atoms with van der Waals surface area (Å²) in [4.78, 5) is 9.18. The first kappa shape index (κ1) is 49.4. The van der Waals surface area contributed by atoms with E-state index in [-0.39, 0.29) is 0 Å². The predicted octanol–water partition coefficient (Wildman–Crippen LogP) is 21.3. The van der Waals surface area contributed by atoms with Gasteiger partial charge in [0.05, 0.1) is 0 Å². The van der Waals surface area contributed by atoms with Crippen molar-refractivity contribution in [3.05, 3.63) is 325 Å². The third kappa shape index (κ3) is 10.4. The van der Waals surface area contributed by atoms with Crippen LogP contribution in [0.2, 0.25) is 0 Å². The lowest BCUT2D eigenvalue weighted by molar-refractivity contribution is 1.22. The predicted molar refractivity (Wildman–Crippen MR) is 340 cm³/mol. The Labute approximate surface area is 472 Å². The number of para-hydroxylation sites is 3. The minimum absolute atomic E-state index is 0.850. The Morgan fingerprint density at radius 2 is 0.474 bits per heavy atom. The van der Waals surface area contributed by atoms with Crippen molar-refractivity contribution >= 4 is 90.7 Å². The lowest BCUT2D eigenvalue weighted by Gasteiger charge is -2.27. The highest BCUT2D eigenvalue weighted by Gasteiger charge is 2.18. The van der Waals surface area contributed by atoms with E-state index in [0.29, 0.717) is 0 Å². The third-order valence-electron chi connectivity index (χ3n) is 14.4. The Bertz CT molecular complexity index is 3860. The minimum Gasteiger partial charge on any atom is -0.311 e. The van der Waals surface area contributed by atoms with Gasteiger partial charge in [0.2, 0.25) is 0 Å². The molecule has 4 nitrogen and oxygen atoms in total. The molecule has 11 aromatic carbocycles. The third-order valence-corrected chi connectivity index (χ3v) is 15.1. The van der Waals surface area contributed by atoms with E-state index < -0.39 is 0 Å². The second kappa shape index (κ2) is 22.4. The summed E-state index contributed by atoms with van der Waals surface area (Å²) in [5.74, 6) is 0. The summed E-state index contributed by atoms with van der Waals surface area (Å²) in [6.45, 7) is 6.73.